The summed E-state index contributed by atoms with van der Waals surface area (Å²) in [6.45, 7) is 2.45. The quantitative estimate of drug-likeness (QED) is 0.821. The van der Waals surface area contributed by atoms with Crippen LogP contribution in [-0.2, 0) is 24.4 Å². The van der Waals surface area contributed by atoms with Gasteiger partial charge in [0.2, 0.25) is 5.91 Å². The minimum absolute atomic E-state index is 0.0527. The summed E-state index contributed by atoms with van der Waals surface area (Å²) in [5, 5.41) is 20.2. The van der Waals surface area contributed by atoms with Crippen molar-refractivity contribution >= 4 is 17.5 Å². The highest BCUT2D eigenvalue weighted by molar-refractivity contribution is 6.09. The highest BCUT2D eigenvalue weighted by Gasteiger charge is 2.29. The lowest BCUT2D eigenvalue weighted by Gasteiger charge is -2.27. The van der Waals surface area contributed by atoms with E-state index in [4.69, 9.17) is 0 Å². The Balaban J connectivity index is 1.39. The van der Waals surface area contributed by atoms with Crippen molar-refractivity contribution in [3.05, 3.63) is 58.1 Å². The minimum atomic E-state index is -0.258. The molecule has 1 saturated heterocycles. The molecule has 0 atom stereocenters. The molecule has 7 heteroatoms. The normalized spacial score (nSPS) is 17.7. The smallest absolute Gasteiger partial charge is 0.258 e. The number of aliphatic imine (C=N–C) groups is 1. The molecular weight excluding hydrogens is 382 g/mol. The second kappa shape index (κ2) is 7.16. The zero-order chi connectivity index (χ0) is 20.8. The number of aromatic hydroxyl groups is 2. The number of nitrogens with zero attached hydrogens (tertiary/aromatic N) is 3. The molecule has 7 nitrogen and oxygen atoms in total. The molecule has 2 aromatic rings. The van der Waals surface area contributed by atoms with Crippen molar-refractivity contribution in [1.82, 2.24) is 9.80 Å². The molecule has 0 spiro atoms. The number of hydrogen-bond donors (Lipinski definition) is 2. The van der Waals surface area contributed by atoms with E-state index in [1.807, 2.05) is 11.0 Å². The number of likely N-dealkylation sites (tertiary alicyclic amines) is 1. The van der Waals surface area contributed by atoms with E-state index in [0.29, 0.717) is 32.6 Å². The van der Waals surface area contributed by atoms with Crippen LogP contribution in [-0.4, -0.2) is 50.6 Å². The first-order valence-electron chi connectivity index (χ1n) is 10.3. The van der Waals surface area contributed by atoms with Crippen molar-refractivity contribution in [2.45, 2.75) is 38.9 Å². The molecule has 1 fully saturated rings. The van der Waals surface area contributed by atoms with Crippen LogP contribution in [0.25, 0.3) is 0 Å². The van der Waals surface area contributed by atoms with Crippen molar-refractivity contribution in [2.75, 3.05) is 13.1 Å². The molecule has 2 amide bonds. The zero-order valence-corrected chi connectivity index (χ0v) is 16.6. The number of fused-ring (bicyclic) bond motifs is 2. The lowest BCUT2D eigenvalue weighted by atomic mass is 9.99. The number of rotatable bonds is 3. The number of benzene rings is 2. The number of carbonyl (C=O) groups is 2. The molecule has 0 aliphatic carbocycles. The third-order valence-electron chi connectivity index (χ3n) is 6.16. The Bertz CT molecular complexity index is 1090. The Morgan fingerprint density at radius 1 is 1.03 bits per heavy atom. The van der Waals surface area contributed by atoms with Gasteiger partial charge in [0.1, 0.15) is 11.5 Å². The summed E-state index contributed by atoms with van der Waals surface area (Å²) in [6.07, 6.45) is 2.50. The molecule has 3 heterocycles. The molecule has 0 radical (unpaired) electrons. The predicted molar refractivity (Wildman–Crippen MR) is 110 cm³/mol. The monoisotopic (exact) mass is 405 g/mol. The molecule has 3 aliphatic rings. The fourth-order valence-electron chi connectivity index (χ4n) is 4.51. The topological polar surface area (TPSA) is 93.4 Å². The SMILES string of the molecule is O=C1CCCCN1CC1=NCc2cc(O)c(C(=O)N3Cc4ccc(O)cc4C3)cc21. The van der Waals surface area contributed by atoms with Gasteiger partial charge in [-0.05, 0) is 53.8 Å². The van der Waals surface area contributed by atoms with Crippen LogP contribution in [0.4, 0.5) is 0 Å². The average Bonchev–Trinajstić information content (AvgIpc) is 3.32. The Hall–Kier alpha value is -3.35. The fraction of sp³-hybridized carbons (Fsp3) is 0.348. The van der Waals surface area contributed by atoms with Gasteiger partial charge in [0, 0.05) is 31.6 Å². The summed E-state index contributed by atoms with van der Waals surface area (Å²) >= 11 is 0. The van der Waals surface area contributed by atoms with Crippen molar-refractivity contribution in [3.63, 3.8) is 0 Å². The van der Waals surface area contributed by atoms with Gasteiger partial charge in [0.05, 0.1) is 24.4 Å². The van der Waals surface area contributed by atoms with E-state index in [0.717, 1.165) is 47.4 Å². The molecule has 0 aromatic heterocycles. The molecule has 154 valence electrons. The van der Waals surface area contributed by atoms with Gasteiger partial charge < -0.3 is 20.0 Å². The number of carbonyl (C=O) groups excluding carboxylic acids is 2. The lowest BCUT2D eigenvalue weighted by Crippen LogP contribution is -2.39. The molecule has 0 saturated carbocycles. The van der Waals surface area contributed by atoms with Crippen LogP contribution in [0.2, 0.25) is 0 Å². The van der Waals surface area contributed by atoms with Gasteiger partial charge in [-0.3, -0.25) is 14.6 Å². The maximum Gasteiger partial charge on any atom is 0.258 e. The van der Waals surface area contributed by atoms with E-state index in [9.17, 15) is 19.8 Å². The summed E-state index contributed by atoms with van der Waals surface area (Å²) in [7, 11) is 0. The second-order valence-electron chi connectivity index (χ2n) is 8.18. The van der Waals surface area contributed by atoms with Crippen molar-refractivity contribution in [2.24, 2.45) is 4.99 Å². The fourth-order valence-corrected chi connectivity index (χ4v) is 4.51. The Morgan fingerprint density at radius 3 is 2.70 bits per heavy atom. The molecule has 0 bridgehead atoms. The minimum Gasteiger partial charge on any atom is -0.508 e. The van der Waals surface area contributed by atoms with E-state index < -0.39 is 0 Å². The molecule has 3 aliphatic heterocycles. The maximum atomic E-state index is 13.2. The summed E-state index contributed by atoms with van der Waals surface area (Å²) < 4.78 is 0. The standard InChI is InChI=1S/C23H23N3O4/c27-17-5-4-14-11-26(12-16(14)7-17)23(30)19-9-18-15(8-21(19)28)10-24-20(18)13-25-6-2-1-3-22(25)29/h4-5,7-9,27-28H,1-3,6,10-13H2. The first kappa shape index (κ1) is 18.7. The van der Waals surface area contributed by atoms with Crippen LogP contribution < -0.4 is 0 Å². The van der Waals surface area contributed by atoms with Crippen LogP contribution in [0.3, 0.4) is 0 Å². The Labute approximate surface area is 174 Å². The van der Waals surface area contributed by atoms with E-state index in [1.165, 1.54) is 0 Å². The number of phenols is 2. The number of phenolic OH excluding ortho intramolecular Hbond substituents is 2. The third-order valence-corrected chi connectivity index (χ3v) is 6.16. The van der Waals surface area contributed by atoms with E-state index in [-0.39, 0.29) is 28.9 Å². The first-order valence-corrected chi connectivity index (χ1v) is 10.3. The summed E-state index contributed by atoms with van der Waals surface area (Å²) in [4.78, 5) is 33.4. The second-order valence-corrected chi connectivity index (χ2v) is 8.18. The van der Waals surface area contributed by atoms with Crippen molar-refractivity contribution in [3.8, 4) is 11.5 Å². The molecule has 2 aromatic carbocycles. The van der Waals surface area contributed by atoms with Gasteiger partial charge in [0.15, 0.2) is 0 Å². The first-order chi connectivity index (χ1) is 14.5. The van der Waals surface area contributed by atoms with Gasteiger partial charge in [-0.25, -0.2) is 0 Å². The van der Waals surface area contributed by atoms with Crippen LogP contribution >= 0.6 is 0 Å². The summed E-state index contributed by atoms with van der Waals surface area (Å²) in [6, 6.07) is 8.44. The highest BCUT2D eigenvalue weighted by atomic mass is 16.3. The predicted octanol–water partition coefficient (Wildman–Crippen LogP) is 2.57. The van der Waals surface area contributed by atoms with Crippen LogP contribution in [0.1, 0.15) is 51.9 Å². The van der Waals surface area contributed by atoms with E-state index in [2.05, 4.69) is 4.99 Å². The van der Waals surface area contributed by atoms with Gasteiger partial charge in [-0.15, -0.1) is 0 Å². The van der Waals surface area contributed by atoms with Crippen LogP contribution in [0.5, 0.6) is 11.5 Å². The Kier molecular flexibility index (Phi) is 4.46. The molecule has 30 heavy (non-hydrogen) atoms. The van der Waals surface area contributed by atoms with E-state index >= 15 is 0 Å². The molecule has 2 N–H and O–H groups in total. The largest absolute Gasteiger partial charge is 0.508 e. The summed E-state index contributed by atoms with van der Waals surface area (Å²) in [5.74, 6) is 0.0106. The lowest BCUT2D eigenvalue weighted by molar-refractivity contribution is -0.132. The zero-order valence-electron chi connectivity index (χ0n) is 16.6. The van der Waals surface area contributed by atoms with Gasteiger partial charge in [-0.1, -0.05) is 6.07 Å². The molecule has 5 rings (SSSR count). The average molecular weight is 405 g/mol. The van der Waals surface area contributed by atoms with Crippen molar-refractivity contribution in [1.29, 1.82) is 0 Å². The number of hydrogen-bond acceptors (Lipinski definition) is 5. The number of amides is 2. The number of piperidine rings is 1. The van der Waals surface area contributed by atoms with Gasteiger partial charge in [-0.2, -0.15) is 0 Å². The third kappa shape index (κ3) is 3.20. The molecule has 0 unspecified atom stereocenters. The molecular formula is C23H23N3O4. The maximum absolute atomic E-state index is 13.2. The summed E-state index contributed by atoms with van der Waals surface area (Å²) in [5.41, 5.74) is 4.65. The Morgan fingerprint density at radius 2 is 1.87 bits per heavy atom. The highest BCUT2D eigenvalue weighted by Crippen LogP contribution is 2.32. The van der Waals surface area contributed by atoms with Crippen molar-refractivity contribution < 1.29 is 19.8 Å². The van der Waals surface area contributed by atoms with Gasteiger partial charge in [0.25, 0.3) is 5.91 Å². The van der Waals surface area contributed by atoms with Gasteiger partial charge >= 0.3 is 0 Å². The van der Waals surface area contributed by atoms with Crippen LogP contribution in [0.15, 0.2) is 35.3 Å². The van der Waals surface area contributed by atoms with E-state index in [1.54, 1.807) is 29.2 Å². The van der Waals surface area contributed by atoms with Crippen LogP contribution in [0, 0.1) is 0 Å².